The molecule has 1 heterocycles. The van der Waals surface area contributed by atoms with Gasteiger partial charge in [0.25, 0.3) is 5.91 Å². The van der Waals surface area contributed by atoms with Gasteiger partial charge in [-0.25, -0.2) is 0 Å². The summed E-state index contributed by atoms with van der Waals surface area (Å²) in [6, 6.07) is 5.76. The molecule has 16 heavy (non-hydrogen) atoms. The average molecular weight is 219 g/mol. The number of carbonyl (C=O) groups is 1. The number of hydrogen-bond acceptors (Lipinski definition) is 3. The van der Waals surface area contributed by atoms with E-state index in [0.29, 0.717) is 5.56 Å². The van der Waals surface area contributed by atoms with E-state index < -0.39 is 0 Å². The van der Waals surface area contributed by atoms with E-state index in [0.717, 1.165) is 24.5 Å². The molecule has 4 nitrogen and oxygen atoms in total. The lowest BCUT2D eigenvalue weighted by Gasteiger charge is -2.20. The standard InChI is InChI=1S/C12H17N3O/c1-14-9-4-5-11(10(8-9)12(13)16)15-6-2-3-7-15/h4-5,8,14H,2-3,6-7H2,1H3,(H2,13,16). The molecule has 0 saturated carbocycles. The van der Waals surface area contributed by atoms with Crippen molar-refractivity contribution in [2.24, 2.45) is 5.73 Å². The van der Waals surface area contributed by atoms with Crippen molar-refractivity contribution in [2.45, 2.75) is 12.8 Å². The Balaban J connectivity index is 2.39. The van der Waals surface area contributed by atoms with Crippen LogP contribution in [0.2, 0.25) is 0 Å². The molecule has 1 aromatic rings. The van der Waals surface area contributed by atoms with E-state index in [9.17, 15) is 4.79 Å². The Kier molecular flexibility index (Phi) is 2.99. The molecule has 2 rings (SSSR count). The smallest absolute Gasteiger partial charge is 0.250 e. The Labute approximate surface area is 95.4 Å². The van der Waals surface area contributed by atoms with Crippen LogP contribution in [0, 0.1) is 0 Å². The second-order valence-corrected chi connectivity index (χ2v) is 4.04. The molecule has 1 fully saturated rings. The second-order valence-electron chi connectivity index (χ2n) is 4.04. The topological polar surface area (TPSA) is 58.4 Å². The largest absolute Gasteiger partial charge is 0.388 e. The maximum atomic E-state index is 11.4. The van der Waals surface area contributed by atoms with Gasteiger partial charge in [0.05, 0.1) is 5.56 Å². The highest BCUT2D eigenvalue weighted by molar-refractivity contribution is 5.99. The first-order valence-electron chi connectivity index (χ1n) is 5.59. The quantitative estimate of drug-likeness (QED) is 0.808. The molecule has 86 valence electrons. The number of anilines is 2. The van der Waals surface area contributed by atoms with Gasteiger partial charge < -0.3 is 16.0 Å². The normalized spacial score (nSPS) is 15.2. The summed E-state index contributed by atoms with van der Waals surface area (Å²) in [4.78, 5) is 13.6. The van der Waals surface area contributed by atoms with E-state index in [-0.39, 0.29) is 5.91 Å². The van der Waals surface area contributed by atoms with Crippen molar-refractivity contribution in [3.63, 3.8) is 0 Å². The molecule has 0 unspecified atom stereocenters. The summed E-state index contributed by atoms with van der Waals surface area (Å²) in [5, 5.41) is 3.01. The number of amides is 1. The number of nitrogens with zero attached hydrogens (tertiary/aromatic N) is 1. The van der Waals surface area contributed by atoms with Crippen LogP contribution in [0.4, 0.5) is 11.4 Å². The summed E-state index contributed by atoms with van der Waals surface area (Å²) < 4.78 is 0. The van der Waals surface area contributed by atoms with E-state index >= 15 is 0 Å². The molecule has 1 amide bonds. The van der Waals surface area contributed by atoms with Crippen molar-refractivity contribution in [3.05, 3.63) is 23.8 Å². The van der Waals surface area contributed by atoms with Crippen LogP contribution < -0.4 is 16.0 Å². The lowest BCUT2D eigenvalue weighted by atomic mass is 10.1. The molecule has 0 aliphatic carbocycles. The fourth-order valence-corrected chi connectivity index (χ4v) is 2.12. The van der Waals surface area contributed by atoms with E-state index in [1.807, 2.05) is 25.2 Å². The highest BCUT2D eigenvalue weighted by Crippen LogP contribution is 2.26. The van der Waals surface area contributed by atoms with Crippen molar-refractivity contribution in [3.8, 4) is 0 Å². The van der Waals surface area contributed by atoms with Crippen LogP contribution in [0.15, 0.2) is 18.2 Å². The van der Waals surface area contributed by atoms with E-state index in [1.54, 1.807) is 0 Å². The van der Waals surface area contributed by atoms with Crippen LogP contribution in [-0.2, 0) is 0 Å². The van der Waals surface area contributed by atoms with Crippen LogP contribution >= 0.6 is 0 Å². The number of nitrogens with one attached hydrogen (secondary N) is 1. The zero-order chi connectivity index (χ0) is 11.5. The maximum Gasteiger partial charge on any atom is 0.250 e. The number of hydrogen-bond donors (Lipinski definition) is 2. The van der Waals surface area contributed by atoms with Crippen molar-refractivity contribution < 1.29 is 4.79 Å². The van der Waals surface area contributed by atoms with Crippen LogP contribution in [0.3, 0.4) is 0 Å². The number of nitrogens with two attached hydrogens (primary N) is 1. The van der Waals surface area contributed by atoms with Crippen molar-refractivity contribution in [1.82, 2.24) is 0 Å². The SMILES string of the molecule is CNc1ccc(N2CCCC2)c(C(N)=O)c1. The van der Waals surface area contributed by atoms with Gasteiger partial charge in [-0.15, -0.1) is 0 Å². The Morgan fingerprint density at radius 1 is 1.38 bits per heavy atom. The minimum absolute atomic E-state index is 0.362. The zero-order valence-electron chi connectivity index (χ0n) is 9.49. The summed E-state index contributed by atoms with van der Waals surface area (Å²) in [5.41, 5.74) is 7.89. The summed E-state index contributed by atoms with van der Waals surface area (Å²) in [5.74, 6) is -0.362. The molecule has 1 aliphatic rings. The Morgan fingerprint density at radius 3 is 2.62 bits per heavy atom. The number of benzene rings is 1. The van der Waals surface area contributed by atoms with Gasteiger partial charge in [0.2, 0.25) is 0 Å². The van der Waals surface area contributed by atoms with Crippen LogP contribution in [-0.4, -0.2) is 26.0 Å². The highest BCUT2D eigenvalue weighted by atomic mass is 16.1. The molecule has 0 atom stereocenters. The average Bonchev–Trinajstić information content (AvgIpc) is 2.81. The van der Waals surface area contributed by atoms with Crippen LogP contribution in [0.1, 0.15) is 23.2 Å². The predicted octanol–water partition coefficient (Wildman–Crippen LogP) is 1.43. The Morgan fingerprint density at radius 2 is 2.06 bits per heavy atom. The minimum Gasteiger partial charge on any atom is -0.388 e. The maximum absolute atomic E-state index is 11.4. The summed E-state index contributed by atoms with van der Waals surface area (Å²) >= 11 is 0. The molecule has 0 radical (unpaired) electrons. The first kappa shape index (κ1) is 10.8. The molecule has 1 saturated heterocycles. The van der Waals surface area contributed by atoms with Gasteiger partial charge >= 0.3 is 0 Å². The second kappa shape index (κ2) is 4.43. The first-order valence-corrected chi connectivity index (χ1v) is 5.59. The lowest BCUT2D eigenvalue weighted by molar-refractivity contribution is 0.100. The molecule has 0 bridgehead atoms. The molecule has 1 aliphatic heterocycles. The third kappa shape index (κ3) is 1.96. The van der Waals surface area contributed by atoms with Gasteiger partial charge in [0.15, 0.2) is 0 Å². The van der Waals surface area contributed by atoms with Gasteiger partial charge in [-0.05, 0) is 31.0 Å². The Bertz CT molecular complexity index is 397. The predicted molar refractivity (Wildman–Crippen MR) is 66.0 cm³/mol. The van der Waals surface area contributed by atoms with E-state index in [2.05, 4.69) is 10.2 Å². The van der Waals surface area contributed by atoms with Crippen molar-refractivity contribution in [1.29, 1.82) is 0 Å². The third-order valence-electron chi connectivity index (χ3n) is 3.00. The highest BCUT2D eigenvalue weighted by Gasteiger charge is 2.18. The lowest BCUT2D eigenvalue weighted by Crippen LogP contribution is -2.23. The van der Waals surface area contributed by atoms with Crippen molar-refractivity contribution >= 4 is 17.3 Å². The number of rotatable bonds is 3. The Hall–Kier alpha value is -1.71. The zero-order valence-corrected chi connectivity index (χ0v) is 9.49. The van der Waals surface area contributed by atoms with Gasteiger partial charge in [0, 0.05) is 31.5 Å². The fourth-order valence-electron chi connectivity index (χ4n) is 2.12. The molecule has 0 spiro atoms. The number of primary amides is 1. The molecule has 1 aromatic carbocycles. The molecular formula is C12H17N3O. The summed E-state index contributed by atoms with van der Waals surface area (Å²) in [6.07, 6.45) is 2.37. The van der Waals surface area contributed by atoms with Gasteiger partial charge in [-0.1, -0.05) is 0 Å². The first-order chi connectivity index (χ1) is 7.72. The summed E-state index contributed by atoms with van der Waals surface area (Å²) in [7, 11) is 1.83. The minimum atomic E-state index is -0.362. The fraction of sp³-hybridized carbons (Fsp3) is 0.417. The van der Waals surface area contributed by atoms with Crippen molar-refractivity contribution in [2.75, 3.05) is 30.4 Å². The van der Waals surface area contributed by atoms with Crippen LogP contribution in [0.5, 0.6) is 0 Å². The van der Waals surface area contributed by atoms with Crippen LogP contribution in [0.25, 0.3) is 0 Å². The molecule has 0 aromatic heterocycles. The summed E-state index contributed by atoms with van der Waals surface area (Å²) in [6.45, 7) is 2.03. The number of carbonyl (C=O) groups excluding carboxylic acids is 1. The molecule has 3 N–H and O–H groups in total. The molecule has 4 heteroatoms. The monoisotopic (exact) mass is 219 g/mol. The van der Waals surface area contributed by atoms with Gasteiger partial charge in [-0.3, -0.25) is 4.79 Å². The third-order valence-corrected chi connectivity index (χ3v) is 3.00. The molecular weight excluding hydrogens is 202 g/mol. The van der Waals surface area contributed by atoms with E-state index in [4.69, 9.17) is 5.73 Å². The van der Waals surface area contributed by atoms with Gasteiger partial charge in [-0.2, -0.15) is 0 Å². The van der Waals surface area contributed by atoms with Gasteiger partial charge in [0.1, 0.15) is 0 Å². The van der Waals surface area contributed by atoms with E-state index in [1.165, 1.54) is 12.8 Å².